The van der Waals surface area contributed by atoms with Gasteiger partial charge in [0.05, 0.1) is 5.52 Å². The zero-order valence-electron chi connectivity index (χ0n) is 16.5. The molecule has 0 atom stereocenters. The van der Waals surface area contributed by atoms with Crippen molar-refractivity contribution in [3.05, 3.63) is 69.7 Å². The van der Waals surface area contributed by atoms with Crippen molar-refractivity contribution in [1.29, 1.82) is 0 Å². The van der Waals surface area contributed by atoms with Crippen LogP contribution in [0.1, 0.15) is 46.0 Å². The molecule has 1 N–H and O–H groups in total. The Morgan fingerprint density at radius 1 is 0.897 bits per heavy atom. The Morgan fingerprint density at radius 2 is 1.45 bits per heavy atom. The van der Waals surface area contributed by atoms with E-state index in [0.29, 0.717) is 54.3 Å². The van der Waals surface area contributed by atoms with Crippen LogP contribution in [-0.2, 0) is 0 Å². The van der Waals surface area contributed by atoms with Crippen molar-refractivity contribution in [3.8, 4) is 0 Å². The lowest BCUT2D eigenvalue weighted by Crippen LogP contribution is -2.50. The number of aromatic amines is 1. The first kappa shape index (κ1) is 19.0. The Hall–Kier alpha value is -3.35. The van der Waals surface area contributed by atoms with Gasteiger partial charge in [-0.25, -0.2) is 4.79 Å². The van der Waals surface area contributed by atoms with Crippen LogP contribution in [0.3, 0.4) is 0 Å². The summed E-state index contributed by atoms with van der Waals surface area (Å²) in [5, 5.41) is 0. The lowest BCUT2D eigenvalue weighted by Gasteiger charge is -2.35. The molecule has 29 heavy (non-hydrogen) atoms. The average Bonchev–Trinajstić information content (AvgIpc) is 3.12. The molecule has 0 bridgehead atoms. The van der Waals surface area contributed by atoms with E-state index in [9.17, 15) is 14.4 Å². The molecule has 1 fully saturated rings. The van der Waals surface area contributed by atoms with Crippen molar-refractivity contribution in [2.75, 3.05) is 26.2 Å². The first-order valence-electron chi connectivity index (χ1n) is 9.74. The number of amides is 2. The smallest absolute Gasteiger partial charge is 0.408 e. The van der Waals surface area contributed by atoms with Crippen LogP contribution in [0.5, 0.6) is 0 Å². The Labute approximate surface area is 167 Å². The number of aromatic nitrogens is 1. The summed E-state index contributed by atoms with van der Waals surface area (Å²) >= 11 is 0. The molecule has 2 heterocycles. The van der Waals surface area contributed by atoms with Crippen LogP contribution in [0.25, 0.3) is 11.1 Å². The predicted molar refractivity (Wildman–Crippen MR) is 109 cm³/mol. The van der Waals surface area contributed by atoms with Gasteiger partial charge in [0, 0.05) is 37.3 Å². The van der Waals surface area contributed by atoms with E-state index in [1.165, 1.54) is 5.56 Å². The van der Waals surface area contributed by atoms with Gasteiger partial charge >= 0.3 is 5.76 Å². The van der Waals surface area contributed by atoms with Crippen molar-refractivity contribution in [2.24, 2.45) is 0 Å². The van der Waals surface area contributed by atoms with E-state index in [1.54, 1.807) is 28.0 Å². The third-order valence-electron chi connectivity index (χ3n) is 5.35. The first-order valence-corrected chi connectivity index (χ1v) is 9.74. The second-order valence-electron chi connectivity index (χ2n) is 7.59. The summed E-state index contributed by atoms with van der Waals surface area (Å²) in [6.07, 6.45) is 0. The Kier molecular flexibility index (Phi) is 4.96. The van der Waals surface area contributed by atoms with E-state index in [2.05, 4.69) is 18.8 Å². The van der Waals surface area contributed by atoms with E-state index in [4.69, 9.17) is 4.42 Å². The molecule has 7 nitrogen and oxygen atoms in total. The van der Waals surface area contributed by atoms with Crippen LogP contribution < -0.4 is 5.76 Å². The summed E-state index contributed by atoms with van der Waals surface area (Å²) in [5.74, 6) is -0.266. The number of piperazine rings is 1. The quantitative estimate of drug-likeness (QED) is 0.741. The summed E-state index contributed by atoms with van der Waals surface area (Å²) in [6, 6.07) is 12.6. The van der Waals surface area contributed by atoms with Crippen molar-refractivity contribution in [1.82, 2.24) is 14.8 Å². The van der Waals surface area contributed by atoms with Crippen molar-refractivity contribution in [3.63, 3.8) is 0 Å². The zero-order valence-corrected chi connectivity index (χ0v) is 16.5. The molecule has 2 amide bonds. The van der Waals surface area contributed by atoms with Gasteiger partial charge in [0.2, 0.25) is 0 Å². The van der Waals surface area contributed by atoms with Crippen LogP contribution in [0.2, 0.25) is 0 Å². The average molecular weight is 393 g/mol. The molecule has 4 rings (SSSR count). The number of nitrogens with zero attached hydrogens (tertiary/aromatic N) is 2. The van der Waals surface area contributed by atoms with E-state index < -0.39 is 5.76 Å². The van der Waals surface area contributed by atoms with Crippen molar-refractivity contribution >= 4 is 22.9 Å². The summed E-state index contributed by atoms with van der Waals surface area (Å²) in [5.41, 5.74) is 3.25. The van der Waals surface area contributed by atoms with Crippen LogP contribution in [-0.4, -0.2) is 52.8 Å². The molecule has 2 aromatic carbocycles. The number of rotatable bonds is 3. The summed E-state index contributed by atoms with van der Waals surface area (Å²) in [7, 11) is 0. The Morgan fingerprint density at radius 3 is 2.03 bits per heavy atom. The molecule has 3 aromatic rings. The molecule has 1 aliphatic heterocycles. The van der Waals surface area contributed by atoms with E-state index in [0.717, 1.165) is 0 Å². The minimum atomic E-state index is -0.543. The molecule has 1 saturated heterocycles. The molecule has 1 aromatic heterocycles. The maximum absolute atomic E-state index is 12.8. The second-order valence-corrected chi connectivity index (χ2v) is 7.59. The fourth-order valence-electron chi connectivity index (χ4n) is 3.57. The molecule has 0 radical (unpaired) electrons. The predicted octanol–water partition coefficient (Wildman–Crippen LogP) is 2.84. The first-order chi connectivity index (χ1) is 13.9. The van der Waals surface area contributed by atoms with Gasteiger partial charge in [-0.2, -0.15) is 0 Å². The molecular weight excluding hydrogens is 370 g/mol. The number of carbonyl (C=O) groups excluding carboxylic acids is 2. The maximum Gasteiger partial charge on any atom is 0.417 e. The van der Waals surface area contributed by atoms with Gasteiger partial charge in [-0.1, -0.05) is 26.0 Å². The minimum Gasteiger partial charge on any atom is -0.408 e. The van der Waals surface area contributed by atoms with Gasteiger partial charge in [-0.05, 0) is 41.8 Å². The van der Waals surface area contributed by atoms with Gasteiger partial charge in [0.1, 0.15) is 0 Å². The van der Waals surface area contributed by atoms with Gasteiger partial charge < -0.3 is 14.2 Å². The topological polar surface area (TPSA) is 86.6 Å². The molecule has 0 unspecified atom stereocenters. The SMILES string of the molecule is CC(C)c1ccc(C(=O)N2CCN(C(=O)c3ccc4[nH]c(=O)oc4c3)CC2)cc1. The molecule has 7 heteroatoms. The molecular formula is C22H23N3O4. The van der Waals surface area contributed by atoms with Gasteiger partial charge in [-0.15, -0.1) is 0 Å². The van der Waals surface area contributed by atoms with Gasteiger partial charge in [-0.3, -0.25) is 14.6 Å². The molecule has 0 saturated carbocycles. The van der Waals surface area contributed by atoms with Gasteiger partial charge in [0.25, 0.3) is 11.8 Å². The monoisotopic (exact) mass is 393 g/mol. The van der Waals surface area contributed by atoms with Crippen LogP contribution in [0.4, 0.5) is 0 Å². The fourth-order valence-corrected chi connectivity index (χ4v) is 3.57. The van der Waals surface area contributed by atoms with Gasteiger partial charge in [0.15, 0.2) is 5.58 Å². The number of oxazole rings is 1. The summed E-state index contributed by atoms with van der Waals surface area (Å²) < 4.78 is 5.03. The maximum atomic E-state index is 12.8. The highest BCUT2D eigenvalue weighted by atomic mass is 16.4. The third kappa shape index (κ3) is 3.81. The molecule has 0 aliphatic carbocycles. The number of fused-ring (bicyclic) bond motifs is 1. The highest BCUT2D eigenvalue weighted by Gasteiger charge is 2.26. The molecule has 1 aliphatic rings. The van der Waals surface area contributed by atoms with Crippen LogP contribution in [0.15, 0.2) is 51.7 Å². The van der Waals surface area contributed by atoms with Crippen molar-refractivity contribution < 1.29 is 14.0 Å². The number of hydrogen-bond donors (Lipinski definition) is 1. The molecule has 0 spiro atoms. The van der Waals surface area contributed by atoms with E-state index >= 15 is 0 Å². The number of carbonyl (C=O) groups is 2. The van der Waals surface area contributed by atoms with E-state index in [-0.39, 0.29) is 11.8 Å². The highest BCUT2D eigenvalue weighted by Crippen LogP contribution is 2.18. The lowest BCUT2D eigenvalue weighted by molar-refractivity contribution is 0.0535. The molecule has 150 valence electrons. The van der Waals surface area contributed by atoms with E-state index in [1.807, 2.05) is 24.3 Å². The standard InChI is InChI=1S/C22H23N3O4/c1-14(2)15-3-5-16(6-4-15)20(26)24-9-11-25(12-10-24)21(27)17-7-8-18-19(13-17)29-22(28)23-18/h3-8,13-14H,9-12H2,1-2H3,(H,23,28). The summed E-state index contributed by atoms with van der Waals surface area (Å²) in [4.78, 5) is 42.9. The zero-order chi connectivity index (χ0) is 20.5. The largest absolute Gasteiger partial charge is 0.417 e. The second kappa shape index (κ2) is 7.58. The number of benzene rings is 2. The van der Waals surface area contributed by atoms with Crippen LogP contribution >= 0.6 is 0 Å². The Balaban J connectivity index is 1.40. The number of nitrogens with one attached hydrogen (secondary N) is 1. The Bertz CT molecular complexity index is 1100. The van der Waals surface area contributed by atoms with Crippen LogP contribution in [0, 0.1) is 0 Å². The summed E-state index contributed by atoms with van der Waals surface area (Å²) in [6.45, 7) is 6.13. The fraction of sp³-hybridized carbons (Fsp3) is 0.318. The normalized spacial score (nSPS) is 14.6. The van der Waals surface area contributed by atoms with Crippen molar-refractivity contribution in [2.45, 2.75) is 19.8 Å². The lowest BCUT2D eigenvalue weighted by atomic mass is 10.0. The number of H-pyrrole nitrogens is 1. The highest BCUT2D eigenvalue weighted by molar-refractivity contribution is 5.97. The number of hydrogen-bond acceptors (Lipinski definition) is 4. The third-order valence-corrected chi connectivity index (χ3v) is 5.35. The minimum absolute atomic E-state index is 0.0112.